The molecule has 0 atom stereocenters. The van der Waals surface area contributed by atoms with Crippen LogP contribution in [0.25, 0.3) is 0 Å². The lowest BCUT2D eigenvalue weighted by atomic mass is 10.1. The summed E-state index contributed by atoms with van der Waals surface area (Å²) in [4.78, 5) is 2.29. The molecule has 0 bridgehead atoms. The molecule has 0 saturated heterocycles. The summed E-state index contributed by atoms with van der Waals surface area (Å²) < 4.78 is 0. The summed E-state index contributed by atoms with van der Waals surface area (Å²) >= 11 is 0. The van der Waals surface area contributed by atoms with Crippen molar-refractivity contribution in [2.24, 2.45) is 5.10 Å². The molecule has 0 radical (unpaired) electrons. The Morgan fingerprint density at radius 3 is 2.45 bits per heavy atom. The molecule has 1 aliphatic heterocycles. The van der Waals surface area contributed by atoms with Gasteiger partial charge in [-0.05, 0) is 12.8 Å². The van der Waals surface area contributed by atoms with E-state index in [1.54, 1.807) is 0 Å². The fraction of sp³-hybridized carbons (Fsp3) is 0.875. The van der Waals surface area contributed by atoms with E-state index in [0.29, 0.717) is 6.04 Å². The van der Waals surface area contributed by atoms with E-state index in [0.717, 1.165) is 6.67 Å². The van der Waals surface area contributed by atoms with Gasteiger partial charge in [0.2, 0.25) is 0 Å². The average molecular weight is 155 g/mol. The summed E-state index contributed by atoms with van der Waals surface area (Å²) in [6.45, 7) is 5.40. The van der Waals surface area contributed by atoms with Gasteiger partial charge in [-0.25, -0.2) is 0 Å². The minimum absolute atomic E-state index is 0.670. The van der Waals surface area contributed by atoms with E-state index in [4.69, 9.17) is 0 Å². The Balaban J connectivity index is 2.42. The Kier molecular flexibility index (Phi) is 2.74. The highest BCUT2D eigenvalue weighted by atomic mass is 15.6. The van der Waals surface area contributed by atoms with Crippen LogP contribution in [0.4, 0.5) is 0 Å². The zero-order valence-corrected chi connectivity index (χ0v) is 7.62. The quantitative estimate of drug-likeness (QED) is 0.612. The first-order valence-corrected chi connectivity index (χ1v) is 4.28. The lowest BCUT2D eigenvalue weighted by molar-refractivity contribution is 0.223. The van der Waals surface area contributed by atoms with Crippen LogP contribution in [0, 0.1) is 0 Å². The largest absolute Gasteiger partial charge is 0.339 e. The zero-order chi connectivity index (χ0) is 8.27. The Morgan fingerprint density at radius 1 is 1.45 bits per heavy atom. The Hall–Kier alpha value is -0.730. The molecule has 0 unspecified atom stereocenters. The predicted molar refractivity (Wildman–Crippen MR) is 47.3 cm³/mol. The molecule has 11 heavy (non-hydrogen) atoms. The van der Waals surface area contributed by atoms with Crippen LogP contribution in [0.3, 0.4) is 0 Å². The van der Waals surface area contributed by atoms with Gasteiger partial charge in [0.15, 0.2) is 0 Å². The van der Waals surface area contributed by atoms with E-state index in [-0.39, 0.29) is 0 Å². The van der Waals surface area contributed by atoms with Gasteiger partial charge in [-0.1, -0.05) is 13.8 Å². The second kappa shape index (κ2) is 3.60. The van der Waals surface area contributed by atoms with Crippen LogP contribution in [0.2, 0.25) is 0 Å². The first-order chi connectivity index (χ1) is 5.27. The maximum absolute atomic E-state index is 4.17. The van der Waals surface area contributed by atoms with Crippen LogP contribution in [0.1, 0.15) is 26.7 Å². The Labute approximate surface area is 68.7 Å². The van der Waals surface area contributed by atoms with Crippen molar-refractivity contribution in [1.29, 1.82) is 0 Å². The second-order valence-electron chi connectivity index (χ2n) is 3.01. The van der Waals surface area contributed by atoms with E-state index in [1.165, 1.54) is 12.8 Å². The molecule has 0 aromatic heterocycles. The molecule has 0 aromatic rings. The molecule has 0 aliphatic carbocycles. The normalized spacial score (nSPS) is 17.1. The van der Waals surface area contributed by atoms with Crippen molar-refractivity contribution < 1.29 is 0 Å². The number of hydrazone groups is 1. The number of nitrogens with zero attached hydrogens (tertiary/aromatic N) is 3. The van der Waals surface area contributed by atoms with Gasteiger partial charge in [-0.2, -0.15) is 5.10 Å². The molecule has 0 spiro atoms. The van der Waals surface area contributed by atoms with Gasteiger partial charge >= 0.3 is 0 Å². The monoisotopic (exact) mass is 155 g/mol. The van der Waals surface area contributed by atoms with Crippen molar-refractivity contribution in [2.75, 3.05) is 13.7 Å². The molecule has 0 aromatic carbocycles. The number of hydrogen-bond donors (Lipinski definition) is 0. The third kappa shape index (κ3) is 1.85. The predicted octanol–water partition coefficient (Wildman–Crippen LogP) is 1.32. The lowest BCUT2D eigenvalue weighted by Crippen LogP contribution is -2.34. The van der Waals surface area contributed by atoms with Crippen LogP contribution in [0.5, 0.6) is 0 Å². The third-order valence-corrected chi connectivity index (χ3v) is 2.18. The minimum atomic E-state index is 0.670. The van der Waals surface area contributed by atoms with Crippen LogP contribution in [-0.2, 0) is 0 Å². The van der Waals surface area contributed by atoms with Gasteiger partial charge in [0, 0.05) is 13.1 Å². The number of hydrogen-bond acceptors (Lipinski definition) is 3. The highest BCUT2D eigenvalue weighted by Crippen LogP contribution is 2.10. The van der Waals surface area contributed by atoms with Crippen molar-refractivity contribution >= 4 is 6.34 Å². The summed E-state index contributed by atoms with van der Waals surface area (Å²) in [5, 5.41) is 6.13. The van der Waals surface area contributed by atoms with Gasteiger partial charge in [0.1, 0.15) is 13.0 Å². The van der Waals surface area contributed by atoms with Crippen molar-refractivity contribution in [2.45, 2.75) is 32.7 Å². The summed E-state index contributed by atoms with van der Waals surface area (Å²) in [6, 6.07) is 0.670. The van der Waals surface area contributed by atoms with Crippen LogP contribution >= 0.6 is 0 Å². The molecule has 64 valence electrons. The van der Waals surface area contributed by atoms with Crippen molar-refractivity contribution in [3.8, 4) is 0 Å². The van der Waals surface area contributed by atoms with E-state index >= 15 is 0 Å². The Bertz CT molecular complexity index is 140. The van der Waals surface area contributed by atoms with Crippen molar-refractivity contribution in [1.82, 2.24) is 9.91 Å². The molecule has 0 saturated carbocycles. The van der Waals surface area contributed by atoms with E-state index in [2.05, 4.69) is 23.8 Å². The van der Waals surface area contributed by atoms with Gasteiger partial charge in [0.25, 0.3) is 0 Å². The molecule has 1 rings (SSSR count). The molecule has 0 amide bonds. The van der Waals surface area contributed by atoms with Gasteiger partial charge in [-0.15, -0.1) is 0 Å². The summed E-state index contributed by atoms with van der Waals surface area (Å²) in [7, 11) is 2.00. The zero-order valence-electron chi connectivity index (χ0n) is 7.62. The fourth-order valence-electron chi connectivity index (χ4n) is 1.43. The first kappa shape index (κ1) is 8.37. The molecular weight excluding hydrogens is 138 g/mol. The molecule has 1 aliphatic rings. The SMILES string of the molecule is CCC(CC)N1C=NN(C)C1. The highest BCUT2D eigenvalue weighted by Gasteiger charge is 2.16. The molecule has 3 heteroatoms. The molecule has 0 N–H and O–H groups in total. The van der Waals surface area contributed by atoms with Gasteiger partial charge in [0.05, 0.1) is 0 Å². The van der Waals surface area contributed by atoms with Crippen molar-refractivity contribution in [3.63, 3.8) is 0 Å². The summed E-state index contributed by atoms with van der Waals surface area (Å²) in [5.41, 5.74) is 0. The van der Waals surface area contributed by atoms with Crippen LogP contribution < -0.4 is 0 Å². The molecule has 1 heterocycles. The third-order valence-electron chi connectivity index (χ3n) is 2.18. The van der Waals surface area contributed by atoms with Gasteiger partial charge < -0.3 is 4.90 Å². The first-order valence-electron chi connectivity index (χ1n) is 4.28. The fourth-order valence-corrected chi connectivity index (χ4v) is 1.43. The standard InChI is InChI=1S/C8H17N3/c1-4-8(5-2)11-6-9-10(3)7-11/h6,8H,4-5,7H2,1-3H3. The number of rotatable bonds is 3. The summed E-state index contributed by atoms with van der Waals surface area (Å²) in [5.74, 6) is 0. The highest BCUT2D eigenvalue weighted by molar-refractivity contribution is 5.56. The topological polar surface area (TPSA) is 18.8 Å². The molecular formula is C8H17N3. The second-order valence-corrected chi connectivity index (χ2v) is 3.01. The van der Waals surface area contributed by atoms with E-state index in [9.17, 15) is 0 Å². The smallest absolute Gasteiger partial charge is 0.113 e. The van der Waals surface area contributed by atoms with E-state index in [1.807, 2.05) is 18.4 Å². The van der Waals surface area contributed by atoms with Crippen LogP contribution in [-0.4, -0.2) is 36.0 Å². The minimum Gasteiger partial charge on any atom is -0.339 e. The van der Waals surface area contributed by atoms with Crippen molar-refractivity contribution in [3.05, 3.63) is 0 Å². The van der Waals surface area contributed by atoms with Crippen LogP contribution in [0.15, 0.2) is 5.10 Å². The maximum atomic E-state index is 4.17. The Morgan fingerprint density at radius 2 is 2.09 bits per heavy atom. The maximum Gasteiger partial charge on any atom is 0.113 e. The summed E-state index contributed by atoms with van der Waals surface area (Å²) in [6.07, 6.45) is 4.35. The molecule has 3 nitrogen and oxygen atoms in total. The average Bonchev–Trinajstić information content (AvgIpc) is 2.39. The van der Waals surface area contributed by atoms with E-state index < -0.39 is 0 Å². The van der Waals surface area contributed by atoms with Gasteiger partial charge in [-0.3, -0.25) is 5.01 Å². The molecule has 0 fully saturated rings. The lowest BCUT2D eigenvalue weighted by Gasteiger charge is -2.24.